The number of halogens is 1. The van der Waals surface area contributed by atoms with Gasteiger partial charge in [0.05, 0.1) is 11.9 Å². The highest BCUT2D eigenvalue weighted by molar-refractivity contribution is 6.31. The maximum Gasteiger partial charge on any atom is 0.325 e. The number of rotatable bonds is 4. The molecule has 0 saturated heterocycles. The minimum atomic E-state index is -1.00. The second kappa shape index (κ2) is 5.75. The molecule has 20 heavy (non-hydrogen) atoms. The molecule has 0 atom stereocenters. The summed E-state index contributed by atoms with van der Waals surface area (Å²) in [5, 5.41) is 15.6. The molecule has 2 rings (SSSR count). The minimum Gasteiger partial charge on any atom is -0.480 e. The zero-order valence-corrected chi connectivity index (χ0v) is 11.4. The third kappa shape index (κ3) is 3.58. The number of nitrogens with one attached hydrogen (secondary N) is 1. The molecule has 0 saturated carbocycles. The van der Waals surface area contributed by atoms with E-state index in [1.165, 1.54) is 17.1 Å². The maximum absolute atomic E-state index is 12.0. The molecule has 1 aromatic carbocycles. The first-order valence-electron chi connectivity index (χ1n) is 5.77. The lowest BCUT2D eigenvalue weighted by Crippen LogP contribution is -2.12. The van der Waals surface area contributed by atoms with Crippen LogP contribution in [0.5, 0.6) is 0 Å². The van der Waals surface area contributed by atoms with Gasteiger partial charge in [-0.05, 0) is 30.7 Å². The van der Waals surface area contributed by atoms with Crippen molar-refractivity contribution < 1.29 is 14.7 Å². The van der Waals surface area contributed by atoms with Gasteiger partial charge in [0.1, 0.15) is 6.54 Å². The molecule has 0 radical (unpaired) electrons. The molecule has 1 heterocycles. The summed E-state index contributed by atoms with van der Waals surface area (Å²) in [6.45, 7) is 1.58. The van der Waals surface area contributed by atoms with Crippen LogP contribution in [0.2, 0.25) is 5.02 Å². The van der Waals surface area contributed by atoms with E-state index in [0.717, 1.165) is 5.56 Å². The van der Waals surface area contributed by atoms with Crippen molar-refractivity contribution in [3.8, 4) is 0 Å². The van der Waals surface area contributed by atoms with Crippen molar-refractivity contribution in [1.82, 2.24) is 9.78 Å². The zero-order chi connectivity index (χ0) is 14.7. The number of nitrogens with zero attached hydrogens (tertiary/aromatic N) is 2. The molecule has 2 aromatic rings. The first-order valence-corrected chi connectivity index (χ1v) is 6.14. The van der Waals surface area contributed by atoms with E-state index in [1.54, 1.807) is 18.2 Å². The third-order valence-electron chi connectivity index (χ3n) is 2.49. The van der Waals surface area contributed by atoms with Crippen LogP contribution in [0.25, 0.3) is 0 Å². The summed E-state index contributed by atoms with van der Waals surface area (Å²) in [6, 6.07) is 5.03. The number of aryl methyl sites for hydroxylation is 1. The van der Waals surface area contributed by atoms with Crippen LogP contribution >= 0.6 is 11.6 Å². The Morgan fingerprint density at radius 3 is 2.80 bits per heavy atom. The molecule has 6 nitrogen and oxygen atoms in total. The van der Waals surface area contributed by atoms with Crippen LogP contribution in [-0.4, -0.2) is 26.8 Å². The number of carbonyl (C=O) groups is 2. The van der Waals surface area contributed by atoms with Gasteiger partial charge in [-0.15, -0.1) is 0 Å². The fourth-order valence-corrected chi connectivity index (χ4v) is 2.01. The fraction of sp³-hybridized carbons (Fsp3) is 0.154. The van der Waals surface area contributed by atoms with E-state index in [2.05, 4.69) is 10.4 Å². The van der Waals surface area contributed by atoms with Crippen LogP contribution in [0.4, 0.5) is 5.69 Å². The topological polar surface area (TPSA) is 84.2 Å². The predicted molar refractivity (Wildman–Crippen MR) is 74.0 cm³/mol. The molecule has 7 heteroatoms. The number of aromatic nitrogens is 2. The molecule has 1 aromatic heterocycles. The van der Waals surface area contributed by atoms with Crippen molar-refractivity contribution in [2.24, 2.45) is 0 Å². The first kappa shape index (κ1) is 14.1. The Balaban J connectivity index is 2.11. The number of carbonyl (C=O) groups excluding carboxylic acids is 1. The summed E-state index contributed by atoms with van der Waals surface area (Å²) < 4.78 is 1.22. The Morgan fingerprint density at radius 2 is 2.15 bits per heavy atom. The second-order valence-electron chi connectivity index (χ2n) is 4.29. The van der Waals surface area contributed by atoms with Gasteiger partial charge in [0, 0.05) is 16.8 Å². The molecular formula is C13H12ClN3O3. The van der Waals surface area contributed by atoms with Crippen molar-refractivity contribution in [3.05, 3.63) is 46.7 Å². The van der Waals surface area contributed by atoms with Gasteiger partial charge < -0.3 is 10.4 Å². The molecule has 0 aliphatic carbocycles. The standard InChI is InChI=1S/C13H12ClN3O3/c1-8-2-9(4-10(14)3-8)13(20)16-11-5-15-17(6-11)7-12(18)19/h2-6H,7H2,1H3,(H,16,20)(H,18,19). The van der Waals surface area contributed by atoms with Crippen LogP contribution in [0.1, 0.15) is 15.9 Å². The van der Waals surface area contributed by atoms with Crippen LogP contribution in [0, 0.1) is 6.92 Å². The molecule has 104 valence electrons. The second-order valence-corrected chi connectivity index (χ2v) is 4.73. The number of hydrogen-bond acceptors (Lipinski definition) is 3. The van der Waals surface area contributed by atoms with Gasteiger partial charge in [0.15, 0.2) is 0 Å². The average molecular weight is 294 g/mol. The first-order chi connectivity index (χ1) is 9.44. The minimum absolute atomic E-state index is 0.258. The maximum atomic E-state index is 12.0. The van der Waals surface area contributed by atoms with Gasteiger partial charge in [-0.25, -0.2) is 0 Å². The number of carboxylic acids is 1. The van der Waals surface area contributed by atoms with E-state index in [-0.39, 0.29) is 12.5 Å². The predicted octanol–water partition coefficient (Wildman–Crippen LogP) is 2.18. The molecular weight excluding hydrogens is 282 g/mol. The molecule has 0 aliphatic heterocycles. The summed E-state index contributed by atoms with van der Waals surface area (Å²) in [5.41, 5.74) is 1.74. The molecule has 0 fully saturated rings. The summed E-state index contributed by atoms with van der Waals surface area (Å²) in [6.07, 6.45) is 2.83. The van der Waals surface area contributed by atoms with Crippen LogP contribution < -0.4 is 5.32 Å². The van der Waals surface area contributed by atoms with Crippen molar-refractivity contribution >= 4 is 29.2 Å². The average Bonchev–Trinajstić information content (AvgIpc) is 2.74. The van der Waals surface area contributed by atoms with Gasteiger partial charge in [0.2, 0.25) is 0 Å². The third-order valence-corrected chi connectivity index (χ3v) is 2.71. The molecule has 0 unspecified atom stereocenters. The quantitative estimate of drug-likeness (QED) is 0.905. The Kier molecular flexibility index (Phi) is 4.05. The smallest absolute Gasteiger partial charge is 0.325 e. The molecule has 0 spiro atoms. The number of carboxylic acid groups (broad SMARTS) is 1. The van der Waals surface area contributed by atoms with Gasteiger partial charge in [-0.2, -0.15) is 5.10 Å². The number of hydrogen-bond donors (Lipinski definition) is 2. The summed E-state index contributed by atoms with van der Waals surface area (Å²) in [5.74, 6) is -1.33. The van der Waals surface area contributed by atoms with Gasteiger partial charge in [-0.3, -0.25) is 14.3 Å². The normalized spacial score (nSPS) is 10.3. The largest absolute Gasteiger partial charge is 0.480 e. The molecule has 0 aliphatic rings. The van der Waals surface area contributed by atoms with E-state index < -0.39 is 5.97 Å². The van der Waals surface area contributed by atoms with E-state index in [1.807, 2.05) is 6.92 Å². The van der Waals surface area contributed by atoms with Crippen molar-refractivity contribution in [2.75, 3.05) is 5.32 Å². The van der Waals surface area contributed by atoms with Crippen molar-refractivity contribution in [2.45, 2.75) is 13.5 Å². The highest BCUT2D eigenvalue weighted by Gasteiger charge is 2.09. The SMILES string of the molecule is Cc1cc(Cl)cc(C(=O)Nc2cnn(CC(=O)O)c2)c1. The lowest BCUT2D eigenvalue weighted by molar-refractivity contribution is -0.137. The highest BCUT2D eigenvalue weighted by atomic mass is 35.5. The molecule has 1 amide bonds. The highest BCUT2D eigenvalue weighted by Crippen LogP contribution is 2.16. The summed E-state index contributed by atoms with van der Waals surface area (Å²) >= 11 is 5.90. The molecule has 0 bridgehead atoms. The molecule has 2 N–H and O–H groups in total. The summed E-state index contributed by atoms with van der Waals surface area (Å²) in [7, 11) is 0. The van der Waals surface area contributed by atoms with Crippen LogP contribution in [-0.2, 0) is 11.3 Å². The van der Waals surface area contributed by atoms with Crippen LogP contribution in [0.3, 0.4) is 0 Å². The number of aliphatic carboxylic acids is 1. The monoisotopic (exact) mass is 293 g/mol. The van der Waals surface area contributed by atoms with Gasteiger partial charge >= 0.3 is 5.97 Å². The van der Waals surface area contributed by atoms with Crippen molar-refractivity contribution in [1.29, 1.82) is 0 Å². The zero-order valence-electron chi connectivity index (χ0n) is 10.6. The number of benzene rings is 1. The Labute approximate surface area is 120 Å². The van der Waals surface area contributed by atoms with Crippen LogP contribution in [0.15, 0.2) is 30.6 Å². The van der Waals surface area contributed by atoms with E-state index in [0.29, 0.717) is 16.3 Å². The lowest BCUT2D eigenvalue weighted by Gasteiger charge is -2.04. The summed E-state index contributed by atoms with van der Waals surface area (Å²) in [4.78, 5) is 22.6. The van der Waals surface area contributed by atoms with E-state index in [4.69, 9.17) is 16.7 Å². The van der Waals surface area contributed by atoms with Crippen molar-refractivity contribution in [3.63, 3.8) is 0 Å². The number of anilines is 1. The Morgan fingerprint density at radius 1 is 1.40 bits per heavy atom. The van der Waals surface area contributed by atoms with E-state index in [9.17, 15) is 9.59 Å². The van der Waals surface area contributed by atoms with E-state index >= 15 is 0 Å². The lowest BCUT2D eigenvalue weighted by atomic mass is 10.1. The number of amides is 1. The van der Waals surface area contributed by atoms with Gasteiger partial charge in [-0.1, -0.05) is 11.6 Å². The fourth-order valence-electron chi connectivity index (χ4n) is 1.72. The Bertz CT molecular complexity index is 646. The Hall–Kier alpha value is -2.34. The van der Waals surface area contributed by atoms with Gasteiger partial charge in [0.25, 0.3) is 5.91 Å².